The molecule has 1 heterocycles. The molecule has 1 N–H and O–H groups in total. The molecule has 2 aromatic carbocycles. The van der Waals surface area contributed by atoms with Gasteiger partial charge in [0.05, 0.1) is 6.42 Å². The highest BCUT2D eigenvalue weighted by atomic mass is 32.1. The summed E-state index contributed by atoms with van der Waals surface area (Å²) in [5.74, 6) is 0.880. The summed E-state index contributed by atoms with van der Waals surface area (Å²) in [7, 11) is 0. The molecule has 122 valence electrons. The highest BCUT2D eigenvalue weighted by molar-refractivity contribution is 7.10. The molecule has 0 saturated carbocycles. The van der Waals surface area contributed by atoms with E-state index in [2.05, 4.69) is 5.32 Å². The summed E-state index contributed by atoms with van der Waals surface area (Å²) < 4.78 is 5.81. The Balaban J connectivity index is 1.56. The predicted molar refractivity (Wildman–Crippen MR) is 97.1 cm³/mol. The van der Waals surface area contributed by atoms with Crippen LogP contribution in [-0.4, -0.2) is 5.91 Å². The van der Waals surface area contributed by atoms with Crippen molar-refractivity contribution in [1.29, 1.82) is 0 Å². The van der Waals surface area contributed by atoms with Gasteiger partial charge in [-0.25, -0.2) is 0 Å². The Labute approximate surface area is 145 Å². The molecule has 0 unspecified atom stereocenters. The minimum Gasteiger partial charge on any atom is -0.489 e. The first-order valence-electron chi connectivity index (χ1n) is 7.85. The number of benzene rings is 2. The fourth-order valence-corrected chi connectivity index (χ4v) is 3.08. The standard InChI is InChI=1S/C20H19NO2S/c22-20(13-19-11-6-12-24-19)21-14-16-7-4-5-8-17(16)15-23-18-9-2-1-3-10-18/h1-12H,13-15H2,(H,21,22). The van der Waals surface area contributed by atoms with E-state index in [1.807, 2.05) is 72.1 Å². The van der Waals surface area contributed by atoms with Gasteiger partial charge in [0.15, 0.2) is 0 Å². The van der Waals surface area contributed by atoms with Crippen LogP contribution in [0.15, 0.2) is 72.1 Å². The maximum atomic E-state index is 12.0. The predicted octanol–water partition coefficient (Wildman–Crippen LogP) is 4.19. The number of hydrogen-bond donors (Lipinski definition) is 1. The van der Waals surface area contributed by atoms with Gasteiger partial charge in [-0.15, -0.1) is 11.3 Å². The molecule has 0 bridgehead atoms. The van der Waals surface area contributed by atoms with Crippen LogP contribution < -0.4 is 10.1 Å². The molecule has 1 aromatic heterocycles. The first-order valence-corrected chi connectivity index (χ1v) is 8.73. The number of carbonyl (C=O) groups is 1. The summed E-state index contributed by atoms with van der Waals surface area (Å²) in [6.45, 7) is 1.000. The quantitative estimate of drug-likeness (QED) is 0.702. The zero-order valence-corrected chi connectivity index (χ0v) is 14.1. The van der Waals surface area contributed by atoms with Crippen molar-refractivity contribution >= 4 is 17.2 Å². The Morgan fingerprint density at radius 1 is 0.917 bits per heavy atom. The lowest BCUT2D eigenvalue weighted by Crippen LogP contribution is -2.24. The Bertz CT molecular complexity index is 769. The first-order chi connectivity index (χ1) is 11.8. The number of carbonyl (C=O) groups excluding carboxylic acids is 1. The number of rotatable bonds is 7. The van der Waals surface area contributed by atoms with Crippen molar-refractivity contribution in [3.63, 3.8) is 0 Å². The lowest BCUT2D eigenvalue weighted by Gasteiger charge is -2.12. The summed E-state index contributed by atoms with van der Waals surface area (Å²) in [5.41, 5.74) is 2.16. The molecular formula is C20H19NO2S. The largest absolute Gasteiger partial charge is 0.489 e. The molecule has 0 aliphatic heterocycles. The molecular weight excluding hydrogens is 318 g/mol. The number of amides is 1. The molecule has 0 saturated heterocycles. The van der Waals surface area contributed by atoms with Crippen molar-refractivity contribution in [2.24, 2.45) is 0 Å². The van der Waals surface area contributed by atoms with Gasteiger partial charge in [0, 0.05) is 11.4 Å². The van der Waals surface area contributed by atoms with Crippen LogP contribution in [0.25, 0.3) is 0 Å². The van der Waals surface area contributed by atoms with Crippen LogP contribution >= 0.6 is 11.3 Å². The third-order valence-electron chi connectivity index (χ3n) is 3.65. The van der Waals surface area contributed by atoms with Crippen LogP contribution in [0, 0.1) is 0 Å². The highest BCUT2D eigenvalue weighted by Crippen LogP contribution is 2.15. The van der Waals surface area contributed by atoms with Crippen LogP contribution in [-0.2, 0) is 24.4 Å². The maximum Gasteiger partial charge on any atom is 0.225 e. The van der Waals surface area contributed by atoms with Gasteiger partial charge >= 0.3 is 0 Å². The van der Waals surface area contributed by atoms with Crippen molar-refractivity contribution in [2.45, 2.75) is 19.6 Å². The van der Waals surface area contributed by atoms with Crippen molar-refractivity contribution in [1.82, 2.24) is 5.32 Å². The molecule has 4 heteroatoms. The smallest absolute Gasteiger partial charge is 0.225 e. The van der Waals surface area contributed by atoms with Gasteiger partial charge in [-0.05, 0) is 34.7 Å². The van der Waals surface area contributed by atoms with Crippen molar-refractivity contribution in [2.75, 3.05) is 0 Å². The SMILES string of the molecule is O=C(Cc1cccs1)NCc1ccccc1COc1ccccc1. The lowest BCUT2D eigenvalue weighted by atomic mass is 10.1. The zero-order valence-electron chi connectivity index (χ0n) is 13.3. The van der Waals surface area contributed by atoms with Gasteiger partial charge in [0.25, 0.3) is 0 Å². The molecule has 24 heavy (non-hydrogen) atoms. The van der Waals surface area contributed by atoms with Gasteiger partial charge in [-0.3, -0.25) is 4.79 Å². The normalized spacial score (nSPS) is 10.3. The van der Waals surface area contributed by atoms with Crippen molar-refractivity contribution in [3.8, 4) is 5.75 Å². The number of ether oxygens (including phenoxy) is 1. The number of nitrogens with one attached hydrogen (secondary N) is 1. The minimum atomic E-state index is 0.0382. The molecule has 0 atom stereocenters. The molecule has 0 aliphatic rings. The number of para-hydroxylation sites is 1. The summed E-state index contributed by atoms with van der Waals surface area (Å²) >= 11 is 1.60. The summed E-state index contributed by atoms with van der Waals surface area (Å²) in [6, 6.07) is 21.7. The van der Waals surface area contributed by atoms with Crippen LogP contribution in [0.2, 0.25) is 0 Å². The van der Waals surface area contributed by atoms with Gasteiger partial charge < -0.3 is 10.1 Å². The molecule has 0 aliphatic carbocycles. The average Bonchev–Trinajstić information content (AvgIpc) is 3.13. The van der Waals surface area contributed by atoms with Crippen molar-refractivity contribution in [3.05, 3.63) is 88.1 Å². The average molecular weight is 337 g/mol. The Hall–Kier alpha value is -2.59. The van der Waals surface area contributed by atoms with E-state index in [0.717, 1.165) is 21.8 Å². The van der Waals surface area contributed by atoms with Gasteiger partial charge in [0.2, 0.25) is 5.91 Å². The third-order valence-corrected chi connectivity index (χ3v) is 4.52. The summed E-state index contributed by atoms with van der Waals surface area (Å²) in [5, 5.41) is 4.97. The molecule has 0 spiro atoms. The molecule has 3 rings (SSSR count). The van der Waals surface area contributed by atoms with E-state index in [9.17, 15) is 4.79 Å². The second-order valence-electron chi connectivity index (χ2n) is 5.40. The van der Waals surface area contributed by atoms with Gasteiger partial charge in [0.1, 0.15) is 12.4 Å². The van der Waals surface area contributed by atoms with E-state index in [1.54, 1.807) is 11.3 Å². The fourth-order valence-electron chi connectivity index (χ4n) is 2.38. The van der Waals surface area contributed by atoms with Crippen molar-refractivity contribution < 1.29 is 9.53 Å². The Morgan fingerprint density at radius 3 is 2.42 bits per heavy atom. The second kappa shape index (κ2) is 8.31. The van der Waals surface area contributed by atoms with E-state index in [0.29, 0.717) is 19.6 Å². The van der Waals surface area contributed by atoms with E-state index >= 15 is 0 Å². The van der Waals surface area contributed by atoms with Crippen LogP contribution in [0.1, 0.15) is 16.0 Å². The summed E-state index contributed by atoms with van der Waals surface area (Å²) in [6.07, 6.45) is 0.431. The second-order valence-corrected chi connectivity index (χ2v) is 6.44. The minimum absolute atomic E-state index is 0.0382. The molecule has 0 fully saturated rings. The lowest BCUT2D eigenvalue weighted by molar-refractivity contribution is -0.120. The molecule has 0 radical (unpaired) electrons. The first kappa shape index (κ1) is 16.3. The van der Waals surface area contributed by atoms with Crippen LogP contribution in [0.5, 0.6) is 5.75 Å². The van der Waals surface area contributed by atoms with Gasteiger partial charge in [-0.1, -0.05) is 48.5 Å². The Morgan fingerprint density at radius 2 is 1.67 bits per heavy atom. The fraction of sp³-hybridized carbons (Fsp3) is 0.150. The van der Waals surface area contributed by atoms with Gasteiger partial charge in [-0.2, -0.15) is 0 Å². The number of hydrogen-bond acceptors (Lipinski definition) is 3. The van der Waals surface area contributed by atoms with E-state index < -0.39 is 0 Å². The molecule has 3 aromatic rings. The van der Waals surface area contributed by atoms with Crippen LogP contribution in [0.3, 0.4) is 0 Å². The topological polar surface area (TPSA) is 38.3 Å². The van der Waals surface area contributed by atoms with E-state index in [4.69, 9.17) is 4.74 Å². The molecule has 3 nitrogen and oxygen atoms in total. The highest BCUT2D eigenvalue weighted by Gasteiger charge is 2.07. The third kappa shape index (κ3) is 4.70. The molecule has 1 amide bonds. The van der Waals surface area contributed by atoms with E-state index in [1.165, 1.54) is 0 Å². The summed E-state index contributed by atoms with van der Waals surface area (Å²) in [4.78, 5) is 13.1. The maximum absolute atomic E-state index is 12.0. The van der Waals surface area contributed by atoms with E-state index in [-0.39, 0.29) is 5.91 Å². The number of thiophene rings is 1. The Kier molecular flexibility index (Phi) is 5.64. The zero-order chi connectivity index (χ0) is 16.6. The van der Waals surface area contributed by atoms with Crippen LogP contribution in [0.4, 0.5) is 0 Å². The monoisotopic (exact) mass is 337 g/mol.